The summed E-state index contributed by atoms with van der Waals surface area (Å²) in [6.45, 7) is 11.3. The van der Waals surface area contributed by atoms with Crippen LogP contribution in [0.5, 0.6) is 11.5 Å². The van der Waals surface area contributed by atoms with Gasteiger partial charge in [0, 0.05) is 17.4 Å². The number of aldehydes is 1. The molecule has 1 unspecified atom stereocenters. The Morgan fingerprint density at radius 2 is 1.91 bits per heavy atom. The van der Waals surface area contributed by atoms with Crippen molar-refractivity contribution in [3.63, 3.8) is 0 Å². The summed E-state index contributed by atoms with van der Waals surface area (Å²) in [5.41, 5.74) is 0.611. The maximum atomic E-state index is 10.9. The Hall–Kier alpha value is -1.55. The van der Waals surface area contributed by atoms with Crippen LogP contribution in [0.2, 0.25) is 0 Å². The fourth-order valence-corrected chi connectivity index (χ4v) is 3.42. The number of hydrogen-bond acceptors (Lipinski definition) is 3. The number of quaternary nitrogens is 1. The van der Waals surface area contributed by atoms with Crippen LogP contribution in [0.3, 0.4) is 0 Å². The number of benzene rings is 1. The lowest BCUT2D eigenvalue weighted by atomic mass is 9.92. The third kappa shape index (κ3) is 4.73. The Bertz CT molecular complexity index is 479. The highest BCUT2D eigenvalue weighted by Crippen LogP contribution is 2.27. The molecule has 0 spiro atoms. The van der Waals surface area contributed by atoms with Gasteiger partial charge < -0.3 is 14.4 Å². The van der Waals surface area contributed by atoms with Crippen LogP contribution in [0.15, 0.2) is 18.2 Å². The van der Waals surface area contributed by atoms with Crippen LogP contribution in [-0.2, 0) is 0 Å². The molecule has 1 saturated heterocycles. The van der Waals surface area contributed by atoms with Crippen molar-refractivity contribution in [1.29, 1.82) is 0 Å². The highest BCUT2D eigenvalue weighted by atomic mass is 16.5. The normalized spacial score (nSPS) is 24.8. The number of rotatable bonds is 7. The van der Waals surface area contributed by atoms with E-state index in [-0.39, 0.29) is 0 Å². The third-order valence-corrected chi connectivity index (χ3v) is 4.20. The predicted molar refractivity (Wildman–Crippen MR) is 87.0 cm³/mol. The summed E-state index contributed by atoms with van der Waals surface area (Å²) in [5, 5.41) is 0. The molecule has 4 nitrogen and oxygen atoms in total. The Balaban J connectivity index is 1.89. The summed E-state index contributed by atoms with van der Waals surface area (Å²) in [6.07, 6.45) is 2.17. The maximum absolute atomic E-state index is 10.9. The summed E-state index contributed by atoms with van der Waals surface area (Å²) in [4.78, 5) is 12.5. The van der Waals surface area contributed by atoms with Crippen LogP contribution >= 0.6 is 0 Å². The van der Waals surface area contributed by atoms with Gasteiger partial charge in [0.25, 0.3) is 0 Å². The van der Waals surface area contributed by atoms with Crippen molar-refractivity contribution in [3.05, 3.63) is 23.8 Å². The zero-order valence-corrected chi connectivity index (χ0v) is 13.9. The van der Waals surface area contributed by atoms with Gasteiger partial charge >= 0.3 is 0 Å². The summed E-state index contributed by atoms with van der Waals surface area (Å²) < 4.78 is 11.5. The quantitative estimate of drug-likeness (QED) is 0.781. The van der Waals surface area contributed by atoms with Crippen LogP contribution in [0.25, 0.3) is 0 Å². The SMILES string of the molecule is CCOc1cc(C=O)ccc1OCC[NH+]1C[C@H](C)C[C@H](C)C1. The van der Waals surface area contributed by atoms with Crippen LogP contribution in [-0.4, -0.2) is 39.1 Å². The standard InChI is InChI=1S/C18H27NO3/c1-4-21-18-10-16(13-20)5-6-17(18)22-8-7-19-11-14(2)9-15(3)12-19/h5-6,10,13-15H,4,7-9,11-12H2,1-3H3/p+1/t14-,15+. The van der Waals surface area contributed by atoms with Gasteiger partial charge in [-0.1, -0.05) is 13.8 Å². The first-order chi connectivity index (χ1) is 10.6. The van der Waals surface area contributed by atoms with Gasteiger partial charge in [-0.3, -0.25) is 4.79 Å². The molecular formula is C18H28NO3+. The number of likely N-dealkylation sites (tertiary alicyclic amines) is 1. The minimum atomic E-state index is 0.561. The molecule has 3 atom stereocenters. The van der Waals surface area contributed by atoms with Crippen molar-refractivity contribution in [3.8, 4) is 11.5 Å². The monoisotopic (exact) mass is 306 g/mol. The van der Waals surface area contributed by atoms with Crippen molar-refractivity contribution in [1.82, 2.24) is 0 Å². The second-order valence-electron chi connectivity index (χ2n) is 6.46. The molecule has 1 aliphatic rings. The van der Waals surface area contributed by atoms with Gasteiger partial charge in [0.15, 0.2) is 11.5 Å². The largest absolute Gasteiger partial charge is 0.490 e. The molecule has 0 aliphatic carbocycles. The third-order valence-electron chi connectivity index (χ3n) is 4.20. The van der Waals surface area contributed by atoms with E-state index in [1.807, 2.05) is 13.0 Å². The molecule has 1 aliphatic heterocycles. The minimum Gasteiger partial charge on any atom is -0.490 e. The Morgan fingerprint density at radius 3 is 2.55 bits per heavy atom. The highest BCUT2D eigenvalue weighted by molar-refractivity contribution is 5.76. The average Bonchev–Trinajstić information content (AvgIpc) is 2.48. The Labute approximate surface area is 133 Å². The van der Waals surface area contributed by atoms with Crippen LogP contribution in [0.1, 0.15) is 37.6 Å². The number of ether oxygens (including phenoxy) is 2. The van der Waals surface area contributed by atoms with E-state index in [4.69, 9.17) is 9.47 Å². The highest BCUT2D eigenvalue weighted by Gasteiger charge is 2.24. The zero-order chi connectivity index (χ0) is 15.9. The van der Waals surface area contributed by atoms with Crippen molar-refractivity contribution in [2.75, 3.05) is 32.8 Å². The lowest BCUT2D eigenvalue weighted by Gasteiger charge is -2.31. The molecule has 1 aromatic carbocycles. The van der Waals surface area contributed by atoms with E-state index in [0.29, 0.717) is 24.5 Å². The topological polar surface area (TPSA) is 40.0 Å². The van der Waals surface area contributed by atoms with E-state index in [2.05, 4.69) is 13.8 Å². The fraction of sp³-hybridized carbons (Fsp3) is 0.611. The fourth-order valence-electron chi connectivity index (χ4n) is 3.42. The van der Waals surface area contributed by atoms with Gasteiger partial charge in [0.05, 0.1) is 19.7 Å². The van der Waals surface area contributed by atoms with Crippen molar-refractivity contribution in [2.24, 2.45) is 11.8 Å². The molecule has 0 aromatic heterocycles. The van der Waals surface area contributed by atoms with E-state index >= 15 is 0 Å². The molecule has 0 radical (unpaired) electrons. The molecule has 2 rings (SSSR count). The van der Waals surface area contributed by atoms with E-state index in [9.17, 15) is 4.79 Å². The van der Waals surface area contributed by atoms with Gasteiger partial charge in [-0.15, -0.1) is 0 Å². The predicted octanol–water partition coefficient (Wildman–Crippen LogP) is 1.84. The smallest absolute Gasteiger partial charge is 0.161 e. The molecule has 1 N–H and O–H groups in total. The van der Waals surface area contributed by atoms with Crippen LogP contribution < -0.4 is 14.4 Å². The number of nitrogens with one attached hydrogen (secondary N) is 1. The first-order valence-electron chi connectivity index (χ1n) is 8.30. The first kappa shape index (κ1) is 16.8. The number of carbonyl (C=O) groups excluding carboxylic acids is 1. The number of piperidine rings is 1. The van der Waals surface area contributed by atoms with Gasteiger partial charge in [0.1, 0.15) is 19.4 Å². The maximum Gasteiger partial charge on any atom is 0.161 e. The number of carbonyl (C=O) groups is 1. The summed E-state index contributed by atoms with van der Waals surface area (Å²) in [6, 6.07) is 5.33. The molecule has 22 heavy (non-hydrogen) atoms. The molecule has 0 bridgehead atoms. The molecule has 122 valence electrons. The van der Waals surface area contributed by atoms with Crippen molar-refractivity contribution < 1.29 is 19.2 Å². The first-order valence-corrected chi connectivity index (χ1v) is 8.30. The molecule has 0 saturated carbocycles. The van der Waals surface area contributed by atoms with E-state index in [1.165, 1.54) is 19.5 Å². The summed E-state index contributed by atoms with van der Waals surface area (Å²) in [7, 11) is 0. The average molecular weight is 306 g/mol. The van der Waals surface area contributed by atoms with Gasteiger partial charge in [-0.25, -0.2) is 0 Å². The Morgan fingerprint density at radius 1 is 1.18 bits per heavy atom. The van der Waals surface area contributed by atoms with Crippen LogP contribution in [0.4, 0.5) is 0 Å². The molecular weight excluding hydrogens is 278 g/mol. The zero-order valence-electron chi connectivity index (χ0n) is 13.9. The van der Waals surface area contributed by atoms with Crippen molar-refractivity contribution in [2.45, 2.75) is 27.2 Å². The summed E-state index contributed by atoms with van der Waals surface area (Å²) >= 11 is 0. The molecule has 1 aromatic rings. The number of hydrogen-bond donors (Lipinski definition) is 1. The van der Waals surface area contributed by atoms with Crippen LogP contribution in [0, 0.1) is 11.8 Å². The van der Waals surface area contributed by atoms with Crippen molar-refractivity contribution >= 4 is 6.29 Å². The lowest BCUT2D eigenvalue weighted by Crippen LogP contribution is -3.14. The van der Waals surface area contributed by atoms with E-state index in [0.717, 1.165) is 30.4 Å². The molecule has 4 heteroatoms. The second kappa shape index (κ2) is 8.18. The second-order valence-corrected chi connectivity index (χ2v) is 6.46. The van der Waals surface area contributed by atoms with Gasteiger partial charge in [0.2, 0.25) is 0 Å². The minimum absolute atomic E-state index is 0.561. The molecule has 1 fully saturated rings. The van der Waals surface area contributed by atoms with E-state index in [1.54, 1.807) is 17.0 Å². The molecule has 1 heterocycles. The summed E-state index contributed by atoms with van der Waals surface area (Å²) in [5.74, 6) is 2.97. The van der Waals surface area contributed by atoms with Gasteiger partial charge in [-0.2, -0.15) is 0 Å². The molecule has 0 amide bonds. The van der Waals surface area contributed by atoms with Gasteiger partial charge in [-0.05, 0) is 31.5 Å². The Kier molecular flexibility index (Phi) is 6.25. The lowest BCUT2D eigenvalue weighted by molar-refractivity contribution is -0.912. The van der Waals surface area contributed by atoms with E-state index < -0.39 is 0 Å².